The average Bonchev–Trinajstić information content (AvgIpc) is 2.58. The Balaban J connectivity index is 1.86. The summed E-state index contributed by atoms with van der Waals surface area (Å²) in [6, 6.07) is 9.85. The van der Waals surface area contributed by atoms with Crippen LogP contribution in [0.1, 0.15) is 18.1 Å². The number of rotatable bonds is 4. The van der Waals surface area contributed by atoms with Gasteiger partial charge in [0.2, 0.25) is 5.44 Å². The van der Waals surface area contributed by atoms with Gasteiger partial charge >= 0.3 is 0 Å². The molecule has 1 N–H and O–H groups in total. The number of hydrogen-bond acceptors (Lipinski definition) is 6. The predicted octanol–water partition coefficient (Wildman–Crippen LogP) is 2.67. The van der Waals surface area contributed by atoms with Gasteiger partial charge in [0, 0.05) is 23.0 Å². The zero-order valence-electron chi connectivity index (χ0n) is 13.6. The van der Waals surface area contributed by atoms with Crippen molar-refractivity contribution in [2.75, 3.05) is 0 Å². The van der Waals surface area contributed by atoms with Gasteiger partial charge in [-0.3, -0.25) is 9.78 Å². The Labute approximate surface area is 150 Å². The van der Waals surface area contributed by atoms with E-state index in [4.69, 9.17) is 4.18 Å². The number of aromatic nitrogens is 1. The summed E-state index contributed by atoms with van der Waals surface area (Å²) in [5.74, 6) is -0.504. The first-order valence-electron chi connectivity index (χ1n) is 7.45. The number of allylic oxidation sites excluding steroid dienone is 1. The third-order valence-corrected chi connectivity index (χ3v) is 6.28. The Hall–Kier alpha value is -2.16. The van der Waals surface area contributed by atoms with Crippen molar-refractivity contribution in [2.24, 2.45) is 0 Å². The van der Waals surface area contributed by atoms with Crippen LogP contribution in [0.3, 0.4) is 0 Å². The number of pyridine rings is 1. The summed E-state index contributed by atoms with van der Waals surface area (Å²) in [4.78, 5) is 16.9. The van der Waals surface area contributed by atoms with Crippen LogP contribution in [0.4, 0.5) is 0 Å². The van der Waals surface area contributed by atoms with E-state index in [1.165, 1.54) is 12.1 Å². The van der Waals surface area contributed by atoms with E-state index in [0.717, 1.165) is 27.8 Å². The fourth-order valence-corrected chi connectivity index (χ4v) is 4.52. The van der Waals surface area contributed by atoms with E-state index < -0.39 is 21.5 Å². The topological polar surface area (TPSA) is 85.4 Å². The Morgan fingerprint density at radius 2 is 1.72 bits per heavy atom. The van der Waals surface area contributed by atoms with Crippen LogP contribution in [-0.2, 0) is 19.1 Å². The molecule has 6 nitrogen and oxygen atoms in total. The molecule has 0 saturated carbocycles. The van der Waals surface area contributed by atoms with Gasteiger partial charge < -0.3 is 5.32 Å². The highest BCUT2D eigenvalue weighted by Crippen LogP contribution is 2.38. The van der Waals surface area contributed by atoms with Crippen LogP contribution in [-0.4, -0.2) is 24.7 Å². The molecule has 0 saturated heterocycles. The molecule has 1 aromatic heterocycles. The SMILES string of the molecule is CC1=C(c2ccncc2)SC(OS(=O)(=O)c2ccc(C)cc2)C(=O)N1. The number of hydrogen-bond donors (Lipinski definition) is 1. The van der Waals surface area contributed by atoms with E-state index in [1.807, 2.05) is 6.92 Å². The summed E-state index contributed by atoms with van der Waals surface area (Å²) < 4.78 is 30.1. The maximum absolute atomic E-state index is 12.4. The first-order chi connectivity index (χ1) is 11.9. The maximum atomic E-state index is 12.4. The second-order valence-corrected chi connectivity index (χ2v) is 8.14. The van der Waals surface area contributed by atoms with Crippen LogP contribution in [0.2, 0.25) is 0 Å². The van der Waals surface area contributed by atoms with Gasteiger partial charge in [-0.25, -0.2) is 4.18 Å². The lowest BCUT2D eigenvalue weighted by Crippen LogP contribution is -2.38. The highest BCUT2D eigenvalue weighted by molar-refractivity contribution is 8.09. The fraction of sp³-hybridized carbons (Fsp3) is 0.176. The molecular weight excluding hydrogens is 360 g/mol. The summed E-state index contributed by atoms with van der Waals surface area (Å²) in [6.45, 7) is 3.61. The number of benzene rings is 1. The normalized spacial score (nSPS) is 18.2. The number of carbonyl (C=O) groups is 1. The predicted molar refractivity (Wildman–Crippen MR) is 95.8 cm³/mol. The lowest BCUT2D eigenvalue weighted by atomic mass is 10.2. The second-order valence-electron chi connectivity index (χ2n) is 5.49. The molecule has 130 valence electrons. The zero-order valence-corrected chi connectivity index (χ0v) is 15.2. The van der Waals surface area contributed by atoms with Crippen molar-refractivity contribution in [1.82, 2.24) is 10.3 Å². The van der Waals surface area contributed by atoms with Gasteiger partial charge in [-0.15, -0.1) is 0 Å². The Morgan fingerprint density at radius 3 is 2.36 bits per heavy atom. The van der Waals surface area contributed by atoms with Crippen LogP contribution in [0, 0.1) is 6.92 Å². The molecular formula is C17H16N2O4S2. The van der Waals surface area contributed by atoms with E-state index in [2.05, 4.69) is 10.3 Å². The van der Waals surface area contributed by atoms with E-state index >= 15 is 0 Å². The highest BCUT2D eigenvalue weighted by Gasteiger charge is 2.33. The van der Waals surface area contributed by atoms with Crippen LogP contribution in [0.15, 0.2) is 59.4 Å². The van der Waals surface area contributed by atoms with Crippen molar-refractivity contribution in [3.8, 4) is 0 Å². The number of amides is 1. The number of aryl methyl sites for hydroxylation is 1. The third-order valence-electron chi connectivity index (χ3n) is 3.56. The minimum absolute atomic E-state index is 0.0169. The minimum Gasteiger partial charge on any atom is -0.326 e. The number of nitrogens with one attached hydrogen (secondary N) is 1. The van der Waals surface area contributed by atoms with Gasteiger partial charge in [0.1, 0.15) is 0 Å². The van der Waals surface area contributed by atoms with Gasteiger partial charge in [0.25, 0.3) is 16.0 Å². The molecule has 0 bridgehead atoms. The van der Waals surface area contributed by atoms with Crippen LogP contribution < -0.4 is 5.32 Å². The van der Waals surface area contributed by atoms with Crippen molar-refractivity contribution >= 4 is 32.7 Å². The third kappa shape index (κ3) is 3.92. The quantitative estimate of drug-likeness (QED) is 0.826. The van der Waals surface area contributed by atoms with Crippen molar-refractivity contribution in [3.05, 3.63) is 65.6 Å². The molecule has 3 rings (SSSR count). The summed E-state index contributed by atoms with van der Waals surface area (Å²) in [5, 5.41) is 2.67. The number of nitrogens with zero attached hydrogens (tertiary/aromatic N) is 1. The van der Waals surface area contributed by atoms with Crippen molar-refractivity contribution in [1.29, 1.82) is 0 Å². The highest BCUT2D eigenvalue weighted by atomic mass is 32.2. The molecule has 2 aromatic rings. The average molecular weight is 376 g/mol. The summed E-state index contributed by atoms with van der Waals surface area (Å²) in [7, 11) is -4.05. The smallest absolute Gasteiger partial charge is 0.298 e. The van der Waals surface area contributed by atoms with Gasteiger partial charge in [0.15, 0.2) is 0 Å². The molecule has 0 radical (unpaired) electrons. The first kappa shape index (κ1) is 17.7. The monoisotopic (exact) mass is 376 g/mol. The molecule has 1 aliphatic rings. The molecule has 0 aliphatic carbocycles. The lowest BCUT2D eigenvalue weighted by molar-refractivity contribution is -0.123. The van der Waals surface area contributed by atoms with Crippen molar-refractivity contribution < 1.29 is 17.4 Å². The van der Waals surface area contributed by atoms with E-state index in [-0.39, 0.29) is 4.90 Å². The number of thioether (sulfide) groups is 1. The van der Waals surface area contributed by atoms with E-state index in [1.54, 1.807) is 43.6 Å². The fourth-order valence-electron chi connectivity index (χ4n) is 2.28. The lowest BCUT2D eigenvalue weighted by Gasteiger charge is -2.25. The Morgan fingerprint density at radius 1 is 1.08 bits per heavy atom. The molecule has 2 heterocycles. The number of carbonyl (C=O) groups excluding carboxylic acids is 1. The van der Waals surface area contributed by atoms with Crippen LogP contribution in [0.5, 0.6) is 0 Å². The van der Waals surface area contributed by atoms with Crippen molar-refractivity contribution in [2.45, 2.75) is 24.2 Å². The summed E-state index contributed by atoms with van der Waals surface area (Å²) >= 11 is 1.06. The minimum atomic E-state index is -4.05. The zero-order chi connectivity index (χ0) is 18.0. The van der Waals surface area contributed by atoms with Gasteiger partial charge in [-0.1, -0.05) is 29.5 Å². The van der Waals surface area contributed by atoms with Gasteiger partial charge in [-0.05, 0) is 43.7 Å². The van der Waals surface area contributed by atoms with Crippen LogP contribution in [0.25, 0.3) is 4.91 Å². The van der Waals surface area contributed by atoms with Crippen LogP contribution >= 0.6 is 11.8 Å². The molecule has 1 aromatic carbocycles. The summed E-state index contributed by atoms with van der Waals surface area (Å²) in [5.41, 5.74) is 1.22. The van der Waals surface area contributed by atoms with Gasteiger partial charge in [-0.2, -0.15) is 8.42 Å². The molecule has 1 atom stereocenters. The molecule has 1 unspecified atom stereocenters. The maximum Gasteiger partial charge on any atom is 0.298 e. The molecule has 0 fully saturated rings. The van der Waals surface area contributed by atoms with E-state index in [0.29, 0.717) is 5.70 Å². The molecule has 1 amide bonds. The molecule has 8 heteroatoms. The van der Waals surface area contributed by atoms with Crippen molar-refractivity contribution in [3.63, 3.8) is 0 Å². The first-order valence-corrected chi connectivity index (χ1v) is 9.74. The molecule has 25 heavy (non-hydrogen) atoms. The van der Waals surface area contributed by atoms with E-state index in [9.17, 15) is 13.2 Å². The molecule has 0 spiro atoms. The second kappa shape index (κ2) is 6.99. The largest absolute Gasteiger partial charge is 0.326 e. The van der Waals surface area contributed by atoms with Gasteiger partial charge in [0.05, 0.1) is 4.90 Å². The Kier molecular flexibility index (Phi) is 4.94. The summed E-state index contributed by atoms with van der Waals surface area (Å²) in [6.07, 6.45) is 3.26. The molecule has 1 aliphatic heterocycles. The Bertz CT molecular complexity index is 923. The standard InChI is InChI=1S/C17H16N2O4S2/c1-11-3-5-14(6-4-11)25(21,22)23-17-16(20)19-12(2)15(24-17)13-7-9-18-10-8-13/h3-10,17H,1-2H3,(H,19,20).